The van der Waals surface area contributed by atoms with E-state index in [1.807, 2.05) is 13.0 Å². The molecule has 1 unspecified atom stereocenters. The van der Waals surface area contributed by atoms with Gasteiger partial charge in [0.25, 0.3) is 5.91 Å². The van der Waals surface area contributed by atoms with Crippen molar-refractivity contribution < 1.29 is 18.0 Å². The number of thiophene rings is 1. The average molecular weight is 538 g/mol. The van der Waals surface area contributed by atoms with Crippen molar-refractivity contribution in [3.05, 3.63) is 33.7 Å². The predicted octanol–water partition coefficient (Wildman–Crippen LogP) is 6.88. The van der Waals surface area contributed by atoms with E-state index in [2.05, 4.69) is 44.5 Å². The molecule has 162 valence electrons. The number of fused-ring (bicyclic) bond motifs is 1. The highest BCUT2D eigenvalue weighted by atomic mass is 79.9. The van der Waals surface area contributed by atoms with Crippen LogP contribution < -0.4 is 10.6 Å². The summed E-state index contributed by atoms with van der Waals surface area (Å²) in [7, 11) is 1.60. The quantitative estimate of drug-likeness (QED) is 0.310. The van der Waals surface area contributed by atoms with Gasteiger partial charge >= 0.3 is 5.51 Å². The Morgan fingerprint density at radius 2 is 2.17 bits per heavy atom. The van der Waals surface area contributed by atoms with Crippen LogP contribution in [0.15, 0.2) is 28.1 Å². The van der Waals surface area contributed by atoms with Gasteiger partial charge in [0, 0.05) is 44.2 Å². The van der Waals surface area contributed by atoms with Crippen LogP contribution in [0.3, 0.4) is 0 Å². The van der Waals surface area contributed by atoms with Crippen LogP contribution in [0, 0.1) is 0 Å². The highest BCUT2D eigenvalue weighted by molar-refractivity contribution is 9.10. The number of anilines is 2. The SMILES string of the molecule is CCSc1c(C(=O)Nc2cc(SC(F)(F)F)cnc2NC)sc2c1C=CC(C)(Br)C2. The standard InChI is InChI=1S/C19H19BrF3N3OS3/c1-4-28-14-11-5-6-18(2,20)8-13(11)29-15(14)17(27)26-12-7-10(30-19(21,22)23)9-25-16(12)24-3/h5-7,9H,4,8H2,1-3H3,(H,24,25)(H,26,27). The molecule has 1 atom stereocenters. The van der Waals surface area contributed by atoms with Crippen LogP contribution in [0.2, 0.25) is 0 Å². The van der Waals surface area contributed by atoms with Crippen LogP contribution in [-0.4, -0.2) is 33.5 Å². The molecule has 2 heterocycles. The maximum atomic E-state index is 13.1. The van der Waals surface area contributed by atoms with E-state index in [1.165, 1.54) is 17.4 Å². The summed E-state index contributed by atoms with van der Waals surface area (Å²) in [5.74, 6) is 0.737. The lowest BCUT2D eigenvalue weighted by Gasteiger charge is -2.21. The molecule has 0 aliphatic heterocycles. The molecule has 2 N–H and O–H groups in total. The first kappa shape index (κ1) is 23.5. The molecule has 1 aliphatic carbocycles. The summed E-state index contributed by atoms with van der Waals surface area (Å²) in [5.41, 5.74) is -3.19. The van der Waals surface area contributed by atoms with Crippen LogP contribution in [0.25, 0.3) is 6.08 Å². The Balaban J connectivity index is 1.94. The third kappa shape index (κ3) is 5.54. The van der Waals surface area contributed by atoms with E-state index in [4.69, 9.17) is 0 Å². The van der Waals surface area contributed by atoms with Crippen LogP contribution in [0.1, 0.15) is 34.0 Å². The molecule has 1 amide bonds. The predicted molar refractivity (Wildman–Crippen MR) is 124 cm³/mol. The number of halogens is 4. The van der Waals surface area contributed by atoms with E-state index in [-0.39, 0.29) is 32.6 Å². The lowest BCUT2D eigenvalue weighted by atomic mass is 9.97. The van der Waals surface area contributed by atoms with Crippen molar-refractivity contribution in [3.8, 4) is 0 Å². The Labute approximate surface area is 193 Å². The van der Waals surface area contributed by atoms with E-state index < -0.39 is 5.51 Å². The number of pyridine rings is 1. The molecule has 30 heavy (non-hydrogen) atoms. The first-order chi connectivity index (χ1) is 14.0. The average Bonchev–Trinajstić information content (AvgIpc) is 2.97. The summed E-state index contributed by atoms with van der Waals surface area (Å²) >= 11 is 6.41. The van der Waals surface area contributed by atoms with Gasteiger partial charge < -0.3 is 10.6 Å². The van der Waals surface area contributed by atoms with Crippen LogP contribution in [0.4, 0.5) is 24.7 Å². The van der Waals surface area contributed by atoms with Gasteiger partial charge in [-0.1, -0.05) is 35.0 Å². The van der Waals surface area contributed by atoms with Gasteiger partial charge in [0.05, 0.1) is 5.69 Å². The number of hydrogen-bond donors (Lipinski definition) is 2. The number of alkyl halides is 4. The highest BCUT2D eigenvalue weighted by Crippen LogP contribution is 2.44. The van der Waals surface area contributed by atoms with Gasteiger partial charge in [-0.25, -0.2) is 4.98 Å². The van der Waals surface area contributed by atoms with E-state index in [0.29, 0.717) is 10.7 Å². The van der Waals surface area contributed by atoms with Crippen molar-refractivity contribution >= 4 is 74.3 Å². The van der Waals surface area contributed by atoms with Gasteiger partial charge in [-0.3, -0.25) is 4.79 Å². The van der Waals surface area contributed by atoms with Crippen molar-refractivity contribution in [2.45, 2.75) is 39.9 Å². The number of aromatic nitrogens is 1. The smallest absolute Gasteiger partial charge is 0.371 e. The lowest BCUT2D eigenvalue weighted by Crippen LogP contribution is -2.17. The zero-order chi connectivity index (χ0) is 22.1. The van der Waals surface area contributed by atoms with Crippen LogP contribution >= 0.6 is 50.8 Å². The number of thioether (sulfide) groups is 2. The van der Waals surface area contributed by atoms with E-state index in [0.717, 1.165) is 33.7 Å². The number of nitrogens with one attached hydrogen (secondary N) is 2. The summed E-state index contributed by atoms with van der Waals surface area (Å²) in [4.78, 5) is 19.6. The highest BCUT2D eigenvalue weighted by Gasteiger charge is 2.31. The first-order valence-corrected chi connectivity index (χ1v) is 12.4. The maximum Gasteiger partial charge on any atom is 0.446 e. The first-order valence-electron chi connectivity index (χ1n) is 8.94. The minimum atomic E-state index is -4.43. The minimum absolute atomic E-state index is 0.0941. The second-order valence-corrected chi connectivity index (χ2v) is 12.0. The number of allylic oxidation sites excluding steroid dienone is 1. The molecule has 3 rings (SSSR count). The molecule has 0 saturated carbocycles. The summed E-state index contributed by atoms with van der Waals surface area (Å²) in [6.07, 6.45) is 5.99. The second kappa shape index (κ2) is 9.13. The van der Waals surface area contributed by atoms with E-state index in [1.54, 1.807) is 18.8 Å². The maximum absolute atomic E-state index is 13.1. The molecule has 0 spiro atoms. The Morgan fingerprint density at radius 1 is 1.43 bits per heavy atom. The fourth-order valence-corrected chi connectivity index (χ4v) is 6.57. The fourth-order valence-electron chi connectivity index (χ4n) is 2.95. The molecule has 0 bridgehead atoms. The number of nitrogens with zero attached hydrogens (tertiary/aromatic N) is 1. The molecule has 2 aromatic rings. The third-order valence-electron chi connectivity index (χ3n) is 4.16. The topological polar surface area (TPSA) is 54.0 Å². The van der Waals surface area contributed by atoms with Gasteiger partial charge in [0.15, 0.2) is 0 Å². The van der Waals surface area contributed by atoms with Crippen molar-refractivity contribution in [1.82, 2.24) is 4.98 Å². The fraction of sp³-hybridized carbons (Fsp3) is 0.368. The number of rotatable bonds is 6. The Hall–Kier alpha value is -1.17. The number of hydrogen-bond acceptors (Lipinski definition) is 6. The lowest BCUT2D eigenvalue weighted by molar-refractivity contribution is -0.0328. The number of amides is 1. The van der Waals surface area contributed by atoms with Crippen LogP contribution in [0.5, 0.6) is 0 Å². The summed E-state index contributed by atoms with van der Waals surface area (Å²) in [6.45, 7) is 4.08. The number of carbonyl (C=O) groups is 1. The Morgan fingerprint density at radius 3 is 2.80 bits per heavy atom. The minimum Gasteiger partial charge on any atom is -0.371 e. The molecule has 0 aromatic carbocycles. The second-order valence-electron chi connectivity index (χ2n) is 6.64. The molecule has 0 saturated heterocycles. The Kier molecular flexibility index (Phi) is 7.15. The zero-order valence-electron chi connectivity index (χ0n) is 16.3. The van der Waals surface area contributed by atoms with E-state index in [9.17, 15) is 18.0 Å². The molecule has 2 aromatic heterocycles. The molecule has 0 radical (unpaired) electrons. The molecule has 11 heteroatoms. The van der Waals surface area contributed by atoms with E-state index >= 15 is 0 Å². The van der Waals surface area contributed by atoms with Gasteiger partial charge in [0.1, 0.15) is 10.7 Å². The Bertz CT molecular complexity index is 989. The third-order valence-corrected chi connectivity index (χ3v) is 7.73. The molecule has 0 fully saturated rings. The summed E-state index contributed by atoms with van der Waals surface area (Å²) in [6, 6.07) is 1.28. The summed E-state index contributed by atoms with van der Waals surface area (Å²) < 4.78 is 38.0. The van der Waals surface area contributed by atoms with Crippen molar-refractivity contribution in [3.63, 3.8) is 0 Å². The normalized spacial score (nSPS) is 18.2. The van der Waals surface area contributed by atoms with Crippen molar-refractivity contribution in [2.75, 3.05) is 23.4 Å². The molecular weight excluding hydrogens is 519 g/mol. The monoisotopic (exact) mass is 537 g/mol. The van der Waals surface area contributed by atoms with Crippen molar-refractivity contribution in [1.29, 1.82) is 0 Å². The van der Waals surface area contributed by atoms with Gasteiger partial charge in [-0.15, -0.1) is 23.1 Å². The summed E-state index contributed by atoms with van der Waals surface area (Å²) in [5, 5.41) is 5.56. The van der Waals surface area contributed by atoms with Gasteiger partial charge in [-0.05, 0) is 30.5 Å². The van der Waals surface area contributed by atoms with Crippen LogP contribution in [-0.2, 0) is 6.42 Å². The van der Waals surface area contributed by atoms with Gasteiger partial charge in [-0.2, -0.15) is 13.2 Å². The molecule has 4 nitrogen and oxygen atoms in total. The van der Waals surface area contributed by atoms with Crippen molar-refractivity contribution in [2.24, 2.45) is 0 Å². The van der Waals surface area contributed by atoms with Gasteiger partial charge in [0.2, 0.25) is 0 Å². The molecule has 1 aliphatic rings. The zero-order valence-corrected chi connectivity index (χ0v) is 20.4. The molecular formula is C19H19BrF3N3OS3. The largest absolute Gasteiger partial charge is 0.446 e. The number of carbonyl (C=O) groups excluding carboxylic acids is 1.